The number of hydrogen-bond acceptors (Lipinski definition) is 4. The van der Waals surface area contributed by atoms with Crippen LogP contribution in [0.3, 0.4) is 0 Å². The van der Waals surface area contributed by atoms with Crippen LogP contribution in [0.4, 0.5) is 0 Å². The molecule has 27 heavy (non-hydrogen) atoms. The summed E-state index contributed by atoms with van der Waals surface area (Å²) in [6.45, 7) is 10.5. The molecule has 0 spiro atoms. The van der Waals surface area contributed by atoms with E-state index >= 15 is 0 Å². The van der Waals surface area contributed by atoms with Crippen molar-refractivity contribution in [2.45, 2.75) is 59.5 Å². The zero-order valence-corrected chi connectivity index (χ0v) is 16.7. The number of benzene rings is 1. The number of aromatic nitrogens is 3. The molecule has 0 bridgehead atoms. The number of nitrogens with one attached hydrogen (secondary N) is 1. The average Bonchev–Trinajstić information content (AvgIpc) is 3.38. The number of H-pyrrole nitrogens is 1. The van der Waals surface area contributed by atoms with Gasteiger partial charge in [0.2, 0.25) is 0 Å². The van der Waals surface area contributed by atoms with Crippen molar-refractivity contribution in [3.63, 3.8) is 0 Å². The van der Waals surface area contributed by atoms with Gasteiger partial charge in [0.15, 0.2) is 0 Å². The van der Waals surface area contributed by atoms with Gasteiger partial charge in [0, 0.05) is 35.7 Å². The predicted molar refractivity (Wildman–Crippen MR) is 107 cm³/mol. The van der Waals surface area contributed by atoms with E-state index in [0.717, 1.165) is 43.1 Å². The van der Waals surface area contributed by atoms with Crippen LogP contribution >= 0.6 is 0 Å². The van der Waals surface area contributed by atoms with E-state index in [1.807, 2.05) is 6.20 Å². The molecule has 0 saturated carbocycles. The molecule has 3 heterocycles. The van der Waals surface area contributed by atoms with Crippen molar-refractivity contribution >= 4 is 0 Å². The lowest BCUT2D eigenvalue weighted by Gasteiger charge is -2.24. The third-order valence-electron chi connectivity index (χ3n) is 5.89. The minimum atomic E-state index is 0.383. The molecule has 142 valence electrons. The molecule has 0 radical (unpaired) electrons. The van der Waals surface area contributed by atoms with Gasteiger partial charge in [0.05, 0.1) is 17.6 Å². The minimum Gasteiger partial charge on any atom is -0.361 e. The first-order chi connectivity index (χ1) is 13.1. The van der Waals surface area contributed by atoms with Crippen LogP contribution in [0.15, 0.2) is 28.9 Å². The summed E-state index contributed by atoms with van der Waals surface area (Å²) in [6.07, 6.45) is 5.22. The van der Waals surface area contributed by atoms with E-state index in [1.54, 1.807) is 0 Å². The maximum absolute atomic E-state index is 5.56. The number of aromatic amines is 1. The van der Waals surface area contributed by atoms with Gasteiger partial charge in [-0.05, 0) is 57.4 Å². The molecule has 5 heteroatoms. The topological polar surface area (TPSA) is 58.0 Å². The van der Waals surface area contributed by atoms with Crippen LogP contribution in [0.25, 0.3) is 11.3 Å². The standard InChI is InChI=1S/C22H28N4O/c1-5-20-21(16(4)25-27-20)19-7-6-10-26(19)13-18-12-23-24-22(18)17-9-8-14(2)15(3)11-17/h8-9,11-12,19H,5-7,10,13H2,1-4H3,(H,23,24)/t19-/m1/s1. The largest absolute Gasteiger partial charge is 0.361 e. The van der Waals surface area contributed by atoms with E-state index < -0.39 is 0 Å². The second-order valence-corrected chi connectivity index (χ2v) is 7.66. The van der Waals surface area contributed by atoms with Crippen LogP contribution < -0.4 is 0 Å². The summed E-state index contributed by atoms with van der Waals surface area (Å²) in [5.74, 6) is 1.03. The van der Waals surface area contributed by atoms with E-state index in [0.29, 0.717) is 6.04 Å². The van der Waals surface area contributed by atoms with Crippen molar-refractivity contribution in [1.29, 1.82) is 0 Å². The van der Waals surface area contributed by atoms with E-state index in [-0.39, 0.29) is 0 Å². The Hall–Kier alpha value is -2.40. The summed E-state index contributed by atoms with van der Waals surface area (Å²) in [4.78, 5) is 2.55. The Morgan fingerprint density at radius 3 is 2.85 bits per heavy atom. The number of nitrogens with zero attached hydrogens (tertiary/aromatic N) is 3. The minimum absolute atomic E-state index is 0.383. The molecule has 1 aliphatic heterocycles. The molecule has 4 rings (SSSR count). The highest BCUT2D eigenvalue weighted by Crippen LogP contribution is 2.37. The van der Waals surface area contributed by atoms with E-state index in [2.05, 4.69) is 66.1 Å². The van der Waals surface area contributed by atoms with Crippen LogP contribution in [-0.2, 0) is 13.0 Å². The summed E-state index contributed by atoms with van der Waals surface area (Å²) >= 11 is 0. The number of hydrogen-bond donors (Lipinski definition) is 1. The molecule has 1 N–H and O–H groups in total. The van der Waals surface area contributed by atoms with Crippen molar-refractivity contribution < 1.29 is 4.52 Å². The molecule has 1 fully saturated rings. The number of rotatable bonds is 5. The summed E-state index contributed by atoms with van der Waals surface area (Å²) < 4.78 is 5.56. The lowest BCUT2D eigenvalue weighted by molar-refractivity contribution is 0.245. The lowest BCUT2D eigenvalue weighted by atomic mass is 10.00. The summed E-state index contributed by atoms with van der Waals surface area (Å²) in [7, 11) is 0. The highest BCUT2D eigenvalue weighted by atomic mass is 16.5. The fourth-order valence-corrected chi connectivity index (χ4v) is 4.24. The monoisotopic (exact) mass is 364 g/mol. The van der Waals surface area contributed by atoms with Gasteiger partial charge in [-0.25, -0.2) is 0 Å². The lowest BCUT2D eigenvalue weighted by Crippen LogP contribution is -2.23. The molecule has 1 aliphatic rings. The molecule has 3 aromatic rings. The Labute approximate surface area is 160 Å². The summed E-state index contributed by atoms with van der Waals surface area (Å²) in [6, 6.07) is 6.99. The summed E-state index contributed by atoms with van der Waals surface area (Å²) in [5, 5.41) is 11.8. The second kappa shape index (κ2) is 7.31. The maximum Gasteiger partial charge on any atom is 0.141 e. The number of likely N-dealkylation sites (tertiary alicyclic amines) is 1. The summed E-state index contributed by atoms with van der Waals surface area (Å²) in [5.41, 5.74) is 8.53. The van der Waals surface area contributed by atoms with Gasteiger partial charge in [-0.15, -0.1) is 0 Å². The first kappa shape index (κ1) is 18.0. The Kier molecular flexibility index (Phi) is 4.87. The zero-order valence-electron chi connectivity index (χ0n) is 16.7. The fourth-order valence-electron chi connectivity index (χ4n) is 4.24. The van der Waals surface area contributed by atoms with Gasteiger partial charge in [-0.1, -0.05) is 24.2 Å². The van der Waals surface area contributed by atoms with Crippen LogP contribution in [0.2, 0.25) is 0 Å². The fraction of sp³-hybridized carbons (Fsp3) is 0.455. The smallest absolute Gasteiger partial charge is 0.141 e. The molecule has 0 amide bonds. The molecule has 0 aliphatic carbocycles. The second-order valence-electron chi connectivity index (χ2n) is 7.66. The third kappa shape index (κ3) is 3.32. The van der Waals surface area contributed by atoms with Crippen molar-refractivity contribution in [3.05, 3.63) is 58.1 Å². The molecular formula is C22H28N4O. The van der Waals surface area contributed by atoms with Gasteiger partial charge in [-0.2, -0.15) is 5.10 Å². The first-order valence-corrected chi connectivity index (χ1v) is 9.87. The first-order valence-electron chi connectivity index (χ1n) is 9.87. The van der Waals surface area contributed by atoms with Crippen molar-refractivity contribution in [2.75, 3.05) is 6.54 Å². The Morgan fingerprint density at radius 1 is 1.22 bits per heavy atom. The Bertz CT molecular complexity index is 940. The van der Waals surface area contributed by atoms with Gasteiger partial charge in [0.1, 0.15) is 5.76 Å². The van der Waals surface area contributed by atoms with Crippen LogP contribution in [0.1, 0.15) is 59.5 Å². The third-order valence-corrected chi connectivity index (χ3v) is 5.89. The molecular weight excluding hydrogens is 336 g/mol. The van der Waals surface area contributed by atoms with Crippen molar-refractivity contribution in [3.8, 4) is 11.3 Å². The van der Waals surface area contributed by atoms with Crippen molar-refractivity contribution in [2.24, 2.45) is 0 Å². The molecule has 0 unspecified atom stereocenters. The van der Waals surface area contributed by atoms with E-state index in [1.165, 1.54) is 34.2 Å². The van der Waals surface area contributed by atoms with E-state index in [4.69, 9.17) is 4.52 Å². The SMILES string of the molecule is CCc1onc(C)c1[C@H]1CCCN1Cc1cn[nH]c1-c1ccc(C)c(C)c1. The normalized spacial score (nSPS) is 17.7. The molecule has 1 atom stereocenters. The van der Waals surface area contributed by atoms with Crippen LogP contribution in [-0.4, -0.2) is 26.8 Å². The Balaban J connectivity index is 1.62. The molecule has 5 nitrogen and oxygen atoms in total. The maximum atomic E-state index is 5.56. The highest BCUT2D eigenvalue weighted by molar-refractivity contribution is 5.64. The van der Waals surface area contributed by atoms with E-state index in [9.17, 15) is 0 Å². The van der Waals surface area contributed by atoms with Crippen molar-refractivity contribution in [1.82, 2.24) is 20.3 Å². The zero-order chi connectivity index (χ0) is 19.0. The van der Waals surface area contributed by atoms with Gasteiger partial charge < -0.3 is 4.52 Å². The van der Waals surface area contributed by atoms with Gasteiger partial charge in [-0.3, -0.25) is 10.00 Å². The quantitative estimate of drug-likeness (QED) is 0.700. The van der Waals surface area contributed by atoms with Crippen LogP contribution in [0, 0.1) is 20.8 Å². The molecule has 1 saturated heterocycles. The predicted octanol–water partition coefficient (Wildman–Crippen LogP) is 4.89. The molecule has 2 aromatic heterocycles. The number of aryl methyl sites for hydroxylation is 4. The van der Waals surface area contributed by atoms with Crippen LogP contribution in [0.5, 0.6) is 0 Å². The van der Waals surface area contributed by atoms with Gasteiger partial charge >= 0.3 is 0 Å². The highest BCUT2D eigenvalue weighted by Gasteiger charge is 2.31. The average molecular weight is 364 g/mol. The van der Waals surface area contributed by atoms with Gasteiger partial charge in [0.25, 0.3) is 0 Å². The molecule has 1 aromatic carbocycles. The Morgan fingerprint density at radius 2 is 2.07 bits per heavy atom.